The van der Waals surface area contributed by atoms with Crippen LogP contribution >= 0.6 is 34.8 Å². The Kier molecular flexibility index (Phi) is 25.2. The topological polar surface area (TPSA) is 236 Å². The van der Waals surface area contributed by atoms with Crippen LogP contribution in [-0.2, 0) is 47.7 Å². The highest BCUT2D eigenvalue weighted by atomic mass is 35.5. The number of esters is 5. The number of rotatable bonds is 28. The van der Waals surface area contributed by atoms with Gasteiger partial charge in [0.15, 0.2) is 16.7 Å². The molecule has 0 unspecified atom stereocenters. The van der Waals surface area contributed by atoms with E-state index in [0.29, 0.717) is 56.0 Å². The van der Waals surface area contributed by atoms with Gasteiger partial charge in [-0.3, -0.25) is 4.90 Å². The number of carbonyl (C=O) groups excluding carboxylic acids is 5. The molecule has 0 heterocycles. The van der Waals surface area contributed by atoms with E-state index in [1.165, 1.54) is 0 Å². The van der Waals surface area contributed by atoms with Crippen molar-refractivity contribution in [1.82, 2.24) is 4.90 Å². The van der Waals surface area contributed by atoms with E-state index in [-0.39, 0.29) is 53.7 Å². The number of hydrogen-bond acceptors (Lipinski definition) is 18. The summed E-state index contributed by atoms with van der Waals surface area (Å²) in [4.78, 5) is 68.4. The summed E-state index contributed by atoms with van der Waals surface area (Å²) in [5, 5.41) is 37.6. The largest absolute Gasteiger partial charge is 0.459 e. The molecule has 3 aromatic carbocycles. The van der Waals surface area contributed by atoms with E-state index in [9.17, 15) is 39.8 Å². The van der Waals surface area contributed by atoms with Crippen LogP contribution in [0, 0.1) is 34.0 Å². The Morgan fingerprint density at radius 2 is 0.750 bits per heavy atom. The van der Waals surface area contributed by atoms with Crippen molar-refractivity contribution in [2.24, 2.45) is 0 Å². The molecule has 0 aromatic heterocycles. The van der Waals surface area contributed by atoms with E-state index < -0.39 is 47.6 Å². The molecule has 0 radical (unpaired) electrons. The highest BCUT2D eigenvalue weighted by Crippen LogP contribution is 2.29. The fourth-order valence-electron chi connectivity index (χ4n) is 6.20. The van der Waals surface area contributed by atoms with Crippen molar-refractivity contribution < 1.29 is 52.8 Å². The summed E-state index contributed by atoms with van der Waals surface area (Å²) in [7, 11) is 5.77. The molecule has 21 heteroatoms. The minimum absolute atomic E-state index is 0.0828. The average Bonchev–Trinajstić information content (AvgIpc) is 3.40. The van der Waals surface area contributed by atoms with Gasteiger partial charge in [-0.15, -0.1) is 0 Å². The first kappa shape index (κ1) is 58.7. The molecule has 0 atom stereocenters. The average molecular weight is 1050 g/mol. The highest BCUT2D eigenvalue weighted by molar-refractivity contribution is 6.52. The molecule has 0 fully saturated rings. The number of nitriles is 3. The molecule has 0 spiro atoms. The van der Waals surface area contributed by atoms with Crippen molar-refractivity contribution in [2.75, 3.05) is 115 Å². The number of anilines is 3. The first-order chi connectivity index (χ1) is 34.5. The summed E-state index contributed by atoms with van der Waals surface area (Å²) < 4.78 is 24.5. The van der Waals surface area contributed by atoms with E-state index >= 15 is 0 Å². The number of aliphatic hydroxyl groups excluding tert-OH is 1. The Morgan fingerprint density at radius 3 is 1.00 bits per heavy atom. The molecule has 0 aliphatic heterocycles. The third-order valence-electron chi connectivity index (χ3n) is 10.3. The fraction of sp³-hybridized carbons (Fsp3) is 0.294. The van der Waals surface area contributed by atoms with Crippen molar-refractivity contribution in [3.05, 3.63) is 132 Å². The lowest BCUT2D eigenvalue weighted by atomic mass is 10.1. The number of aliphatic hydroxyl groups is 1. The monoisotopic (exact) mass is 1040 g/mol. The minimum Gasteiger partial charge on any atom is -0.459 e. The molecule has 0 saturated carbocycles. The van der Waals surface area contributed by atoms with Crippen LogP contribution < -0.4 is 14.7 Å². The van der Waals surface area contributed by atoms with E-state index in [0.717, 1.165) is 29.2 Å². The number of carbonyl (C=O) groups is 5. The van der Waals surface area contributed by atoms with Gasteiger partial charge in [-0.1, -0.05) is 84.4 Å². The van der Waals surface area contributed by atoms with Gasteiger partial charge in [0.05, 0.1) is 21.7 Å². The van der Waals surface area contributed by atoms with Gasteiger partial charge in [-0.2, -0.15) is 15.8 Å². The van der Waals surface area contributed by atoms with E-state index in [1.54, 1.807) is 78.9 Å². The molecule has 3 aromatic rings. The van der Waals surface area contributed by atoms with Gasteiger partial charge in [0.25, 0.3) is 0 Å². The molecule has 3 rings (SSSR count). The van der Waals surface area contributed by atoms with Gasteiger partial charge in [-0.25, -0.2) is 24.0 Å². The predicted octanol–water partition coefficient (Wildman–Crippen LogP) is 6.20. The quantitative estimate of drug-likeness (QED) is 0.0280. The van der Waals surface area contributed by atoms with Crippen LogP contribution in [0.2, 0.25) is 0 Å². The lowest BCUT2D eigenvalue weighted by Crippen LogP contribution is -2.41. The molecule has 0 aliphatic rings. The summed E-state index contributed by atoms with van der Waals surface area (Å²) in [5.74, 6) is -4.24. The minimum atomic E-state index is -0.969. The Balaban J connectivity index is 1.78. The molecule has 1 N–H and O–H groups in total. The Bertz CT molecular complexity index is 2510. The number of ether oxygens (including phenoxy) is 5. The maximum atomic E-state index is 12.6. The zero-order chi connectivity index (χ0) is 53.2. The first-order valence-corrected chi connectivity index (χ1v) is 22.9. The summed E-state index contributed by atoms with van der Waals surface area (Å²) in [6.45, 7) is 8.46. The van der Waals surface area contributed by atoms with Crippen molar-refractivity contribution in [3.8, 4) is 18.2 Å². The first-order valence-electron chi connectivity index (χ1n) is 21.8. The van der Waals surface area contributed by atoms with Crippen LogP contribution in [0.3, 0.4) is 0 Å². The van der Waals surface area contributed by atoms with Crippen LogP contribution in [-0.4, -0.2) is 140 Å². The second-order valence-corrected chi connectivity index (χ2v) is 16.2. The molecule has 0 aliphatic carbocycles. The standard InChI is InChI=1S/C51H52Cl3N7O11/c1-6-44(63)68-28-30-71-50(66)42(33-56)47(53)36-10-16-39(17-11-36)59(4)21-24-61(23-20-58(3)38-14-8-35(9-15-38)46(52)41(32-55)49(65)70-27-26-62)25-22-60(5)40-18-12-37(13-19-40)48(54)43(34-57)51(67)72-31-29-69-45(64)7-2/h6-19,62H,1-2,20-31H2,3-5H3/b46-41-,47-42-,48-43+. The van der Waals surface area contributed by atoms with Gasteiger partial charge < -0.3 is 43.5 Å². The highest BCUT2D eigenvalue weighted by Gasteiger charge is 2.21. The van der Waals surface area contributed by atoms with Gasteiger partial charge in [-0.05, 0) is 53.1 Å². The number of likely N-dealkylation sites (N-methyl/N-ethyl adjacent to an activating group) is 3. The molecule has 0 saturated heterocycles. The molecule has 18 nitrogen and oxygen atoms in total. The molecule has 0 bridgehead atoms. The van der Waals surface area contributed by atoms with E-state index in [2.05, 4.69) is 18.1 Å². The predicted molar refractivity (Wildman–Crippen MR) is 273 cm³/mol. The summed E-state index contributed by atoms with van der Waals surface area (Å²) in [5.41, 5.74) is 2.53. The third-order valence-corrected chi connectivity index (χ3v) is 11.5. The maximum Gasteiger partial charge on any atom is 0.350 e. The van der Waals surface area contributed by atoms with Gasteiger partial charge in [0.1, 0.15) is 51.2 Å². The van der Waals surface area contributed by atoms with E-state index in [4.69, 9.17) is 63.6 Å². The smallest absolute Gasteiger partial charge is 0.350 e. The molecule has 0 amide bonds. The summed E-state index contributed by atoms with van der Waals surface area (Å²) in [6.07, 6.45) is 1.94. The number of nitrogens with zero attached hydrogens (tertiary/aromatic N) is 7. The molecular formula is C51H52Cl3N7O11. The fourth-order valence-corrected chi connectivity index (χ4v) is 6.93. The van der Waals surface area contributed by atoms with Gasteiger partial charge in [0.2, 0.25) is 0 Å². The van der Waals surface area contributed by atoms with E-state index in [1.807, 2.05) is 48.0 Å². The van der Waals surface area contributed by atoms with Crippen molar-refractivity contribution in [1.29, 1.82) is 15.8 Å². The van der Waals surface area contributed by atoms with Crippen LogP contribution in [0.15, 0.2) is 115 Å². The second kappa shape index (κ2) is 30.9. The van der Waals surface area contributed by atoms with Crippen molar-refractivity contribution >= 4 is 96.8 Å². The lowest BCUT2D eigenvalue weighted by molar-refractivity contribution is -0.146. The van der Waals surface area contributed by atoms with Crippen LogP contribution in [0.25, 0.3) is 15.1 Å². The van der Waals surface area contributed by atoms with Crippen molar-refractivity contribution in [3.63, 3.8) is 0 Å². The molecular weight excluding hydrogens is 993 g/mol. The van der Waals surface area contributed by atoms with Crippen molar-refractivity contribution in [2.45, 2.75) is 0 Å². The van der Waals surface area contributed by atoms with Crippen LogP contribution in [0.1, 0.15) is 16.7 Å². The molecule has 72 heavy (non-hydrogen) atoms. The van der Waals surface area contributed by atoms with Crippen LogP contribution in [0.5, 0.6) is 0 Å². The Morgan fingerprint density at radius 1 is 0.486 bits per heavy atom. The summed E-state index contributed by atoms with van der Waals surface area (Å²) in [6, 6.07) is 26.3. The second-order valence-electron chi connectivity index (χ2n) is 15.0. The number of benzene rings is 3. The Hall–Kier alpha value is -7.63. The zero-order valence-electron chi connectivity index (χ0n) is 39.8. The van der Waals surface area contributed by atoms with Gasteiger partial charge in [0, 0.05) is 89.6 Å². The van der Waals surface area contributed by atoms with Crippen LogP contribution in [0.4, 0.5) is 17.1 Å². The third kappa shape index (κ3) is 18.3. The Labute approximate surface area is 432 Å². The summed E-state index contributed by atoms with van der Waals surface area (Å²) >= 11 is 19.4. The lowest BCUT2D eigenvalue weighted by Gasteiger charge is -2.31. The number of hydrogen-bond donors (Lipinski definition) is 1. The van der Waals surface area contributed by atoms with Gasteiger partial charge >= 0.3 is 29.8 Å². The molecule has 378 valence electrons. The number of halogens is 3. The SMILES string of the molecule is C=CC(=O)OCCOC(=O)/C(C#N)=C(\Cl)c1ccc(N(C)CCN(CCN(C)c2ccc(/C(Cl)=C(\C#N)C(=O)OCCO)cc2)CCN(C)c2ccc(/C(Cl)=C(/C#N)C(=O)OCCOC(=O)C=C)cc2)cc1. The maximum absolute atomic E-state index is 12.6. The zero-order valence-corrected chi connectivity index (χ0v) is 42.0. The normalized spacial score (nSPS) is 11.7.